The highest BCUT2D eigenvalue weighted by atomic mass is 32.1. The summed E-state index contributed by atoms with van der Waals surface area (Å²) >= 11 is 3.56. The molecule has 0 amide bonds. The lowest BCUT2D eigenvalue weighted by Gasteiger charge is -1.86. The van der Waals surface area contributed by atoms with Crippen LogP contribution >= 0.6 is 22.7 Å². The van der Waals surface area contributed by atoms with Crippen LogP contribution < -0.4 is 0 Å². The zero-order valence-corrected chi connectivity index (χ0v) is 9.28. The monoisotopic (exact) mass is 218 g/mol. The van der Waals surface area contributed by atoms with E-state index in [0.29, 0.717) is 0 Å². The topological polar surface area (TPSA) is 0 Å². The fraction of sp³-hybridized carbons (Fsp3) is 0. The lowest BCUT2D eigenvalue weighted by Crippen LogP contribution is -1.61. The Labute approximate surface area is 91.8 Å². The lowest BCUT2D eigenvalue weighted by atomic mass is 10.2. The minimum Gasteiger partial charge on any atom is -0.143 e. The molecule has 0 fully saturated rings. The number of hydrogen-bond donors (Lipinski definition) is 0. The van der Waals surface area contributed by atoms with Crippen LogP contribution in [0.4, 0.5) is 0 Å². The van der Waals surface area contributed by atoms with Crippen LogP contribution in [0.25, 0.3) is 15.8 Å². The van der Waals surface area contributed by atoms with Gasteiger partial charge in [0.25, 0.3) is 0 Å². The molecule has 70 valence electrons. The van der Waals surface area contributed by atoms with Gasteiger partial charge in [-0.1, -0.05) is 30.9 Å². The number of rotatable bonds is 3. The van der Waals surface area contributed by atoms with Crippen molar-refractivity contribution in [2.24, 2.45) is 0 Å². The molecule has 2 heterocycles. The second-order valence-corrected chi connectivity index (χ2v) is 4.68. The molecule has 0 N–H and O–H groups in total. The third-order valence-corrected chi connectivity index (χ3v) is 3.82. The Hall–Kier alpha value is -1.12. The molecule has 0 radical (unpaired) electrons. The van der Waals surface area contributed by atoms with Crippen LogP contribution in [-0.4, -0.2) is 0 Å². The molecule has 0 unspecified atom stereocenters. The molecule has 0 nitrogen and oxygen atoms in total. The van der Waals surface area contributed by atoms with Gasteiger partial charge in [0.1, 0.15) is 0 Å². The van der Waals surface area contributed by atoms with Crippen molar-refractivity contribution >= 4 is 28.7 Å². The van der Waals surface area contributed by atoms with E-state index in [-0.39, 0.29) is 0 Å². The summed E-state index contributed by atoms with van der Waals surface area (Å²) in [4.78, 5) is 2.68. The normalized spacial score (nSPS) is 10.9. The van der Waals surface area contributed by atoms with Crippen molar-refractivity contribution in [2.75, 3.05) is 0 Å². The van der Waals surface area contributed by atoms with Gasteiger partial charge in [-0.2, -0.15) is 0 Å². The maximum Gasteiger partial charge on any atom is 0.0448 e. The second kappa shape index (κ2) is 4.40. The summed E-state index contributed by atoms with van der Waals surface area (Å²) < 4.78 is 0. The molecule has 0 saturated heterocycles. The summed E-state index contributed by atoms with van der Waals surface area (Å²) in [6.45, 7) is 3.65. The van der Waals surface area contributed by atoms with E-state index < -0.39 is 0 Å². The smallest absolute Gasteiger partial charge is 0.0448 e. The van der Waals surface area contributed by atoms with Crippen LogP contribution in [0, 0.1) is 0 Å². The van der Waals surface area contributed by atoms with Crippen LogP contribution in [-0.2, 0) is 0 Å². The van der Waals surface area contributed by atoms with Crippen molar-refractivity contribution in [2.45, 2.75) is 0 Å². The minimum atomic E-state index is 1.25. The molecular weight excluding hydrogens is 208 g/mol. The van der Waals surface area contributed by atoms with Gasteiger partial charge < -0.3 is 0 Å². The number of hydrogen-bond acceptors (Lipinski definition) is 2. The fourth-order valence-electron chi connectivity index (χ4n) is 1.17. The van der Waals surface area contributed by atoms with Crippen molar-refractivity contribution in [3.8, 4) is 9.75 Å². The zero-order valence-electron chi connectivity index (χ0n) is 7.64. The summed E-state index contributed by atoms with van der Waals surface area (Å²) in [5.74, 6) is 0. The molecule has 14 heavy (non-hydrogen) atoms. The van der Waals surface area contributed by atoms with Crippen LogP contribution in [0.15, 0.2) is 47.7 Å². The van der Waals surface area contributed by atoms with E-state index >= 15 is 0 Å². The Balaban J connectivity index is 2.26. The summed E-state index contributed by atoms with van der Waals surface area (Å²) in [5, 5.41) is 4.27. The largest absolute Gasteiger partial charge is 0.143 e. The van der Waals surface area contributed by atoms with E-state index in [2.05, 4.69) is 41.6 Å². The van der Waals surface area contributed by atoms with Gasteiger partial charge in [-0.25, -0.2) is 0 Å². The molecule has 2 aromatic heterocycles. The second-order valence-electron chi connectivity index (χ2n) is 2.82. The van der Waals surface area contributed by atoms with Crippen molar-refractivity contribution in [3.05, 3.63) is 53.3 Å². The lowest BCUT2D eigenvalue weighted by molar-refractivity contribution is 1.85. The molecule has 2 rings (SSSR count). The fourth-order valence-corrected chi connectivity index (χ4v) is 2.89. The van der Waals surface area contributed by atoms with E-state index in [1.807, 2.05) is 6.08 Å². The Morgan fingerprint density at radius 2 is 2.14 bits per heavy atom. The molecule has 0 aliphatic heterocycles. The summed E-state index contributed by atoms with van der Waals surface area (Å²) in [7, 11) is 0. The van der Waals surface area contributed by atoms with Gasteiger partial charge in [0.2, 0.25) is 0 Å². The Kier molecular flexibility index (Phi) is 2.96. The van der Waals surface area contributed by atoms with Crippen molar-refractivity contribution < 1.29 is 0 Å². The van der Waals surface area contributed by atoms with Crippen molar-refractivity contribution in [1.29, 1.82) is 0 Å². The summed E-state index contributed by atoms with van der Waals surface area (Å²) in [6.07, 6.45) is 5.82. The van der Waals surface area contributed by atoms with E-state index in [1.165, 1.54) is 15.3 Å². The summed E-state index contributed by atoms with van der Waals surface area (Å²) in [5.41, 5.74) is 1.25. The van der Waals surface area contributed by atoms with E-state index in [4.69, 9.17) is 0 Å². The van der Waals surface area contributed by atoms with Gasteiger partial charge in [-0.3, -0.25) is 0 Å². The summed E-state index contributed by atoms with van der Waals surface area (Å²) in [6, 6.07) is 6.44. The Bertz CT molecular complexity index is 433. The van der Waals surface area contributed by atoms with E-state index in [9.17, 15) is 0 Å². The maximum absolute atomic E-state index is 3.65. The third kappa shape index (κ3) is 2.03. The molecule has 0 aliphatic rings. The number of allylic oxidation sites excluding steroid dienone is 2. The quantitative estimate of drug-likeness (QED) is 0.656. The van der Waals surface area contributed by atoms with Crippen LogP contribution in [0.2, 0.25) is 0 Å². The molecular formula is C12H10S2. The highest BCUT2D eigenvalue weighted by molar-refractivity contribution is 7.20. The maximum atomic E-state index is 3.65. The first-order chi connectivity index (χ1) is 6.90. The molecule has 2 aromatic rings. The van der Waals surface area contributed by atoms with Gasteiger partial charge in [0.15, 0.2) is 0 Å². The van der Waals surface area contributed by atoms with Gasteiger partial charge >= 0.3 is 0 Å². The van der Waals surface area contributed by atoms with Gasteiger partial charge in [-0.05, 0) is 28.5 Å². The average molecular weight is 218 g/mol. The molecule has 0 bridgehead atoms. The highest BCUT2D eigenvalue weighted by Crippen LogP contribution is 2.31. The Morgan fingerprint density at radius 3 is 2.86 bits per heavy atom. The van der Waals surface area contributed by atoms with Gasteiger partial charge in [-0.15, -0.1) is 22.7 Å². The molecule has 0 spiro atoms. The first-order valence-corrected chi connectivity index (χ1v) is 6.07. The standard InChI is InChI=1S/C12H10S2/c1-2-3-5-10-8-12(14-9-10)11-6-4-7-13-11/h2-9H,1H2/b5-3+. The molecule has 0 aromatic carbocycles. The Morgan fingerprint density at radius 1 is 1.21 bits per heavy atom. The van der Waals surface area contributed by atoms with Gasteiger partial charge in [0.05, 0.1) is 0 Å². The molecule has 0 aliphatic carbocycles. The molecule has 0 atom stereocenters. The van der Waals surface area contributed by atoms with Crippen LogP contribution in [0.5, 0.6) is 0 Å². The van der Waals surface area contributed by atoms with Gasteiger partial charge in [0, 0.05) is 9.75 Å². The third-order valence-electron chi connectivity index (χ3n) is 1.81. The van der Waals surface area contributed by atoms with Crippen molar-refractivity contribution in [3.63, 3.8) is 0 Å². The zero-order chi connectivity index (χ0) is 9.80. The van der Waals surface area contributed by atoms with Crippen molar-refractivity contribution in [1.82, 2.24) is 0 Å². The number of thiophene rings is 2. The first-order valence-electron chi connectivity index (χ1n) is 4.31. The first kappa shape index (κ1) is 9.44. The predicted molar refractivity (Wildman–Crippen MR) is 66.9 cm³/mol. The highest BCUT2D eigenvalue weighted by Gasteiger charge is 2.00. The van der Waals surface area contributed by atoms with Crippen LogP contribution in [0.1, 0.15) is 5.56 Å². The molecule has 0 saturated carbocycles. The average Bonchev–Trinajstić information content (AvgIpc) is 2.85. The minimum absolute atomic E-state index is 1.25. The van der Waals surface area contributed by atoms with E-state index in [1.54, 1.807) is 28.7 Å². The predicted octanol–water partition coefficient (Wildman–Crippen LogP) is 4.68. The molecule has 2 heteroatoms. The van der Waals surface area contributed by atoms with Crippen LogP contribution in [0.3, 0.4) is 0 Å². The van der Waals surface area contributed by atoms with E-state index in [0.717, 1.165) is 0 Å². The SMILES string of the molecule is C=C/C=C/c1csc(-c2cccs2)c1.